The lowest BCUT2D eigenvalue weighted by Crippen LogP contribution is -2.53. The molecule has 2 aromatic heterocycles. The number of nitrogens with zero attached hydrogens (tertiary/aromatic N) is 6. The number of hydrogen-bond donors (Lipinski definition) is 0. The highest BCUT2D eigenvalue weighted by Gasteiger charge is 2.30. The van der Waals surface area contributed by atoms with Crippen LogP contribution in [0.3, 0.4) is 0 Å². The molecule has 4 heterocycles. The molecular weight excluding hydrogens is 506 g/mol. The van der Waals surface area contributed by atoms with Crippen LogP contribution in [0.15, 0.2) is 36.9 Å². The van der Waals surface area contributed by atoms with Crippen LogP contribution in [0.5, 0.6) is 11.8 Å². The molecule has 11 heteroatoms. The molecule has 0 spiro atoms. The van der Waals surface area contributed by atoms with Gasteiger partial charge in [-0.2, -0.15) is 9.97 Å². The first-order valence-electron chi connectivity index (χ1n) is 13.0. The molecule has 206 valence electrons. The van der Waals surface area contributed by atoms with Gasteiger partial charge in [0.25, 0.3) is 0 Å². The largest absolute Gasteiger partial charge is 0.496 e. The molecule has 1 amide bonds. The molecule has 0 saturated carbocycles. The van der Waals surface area contributed by atoms with Gasteiger partial charge in [0.2, 0.25) is 5.91 Å². The first-order chi connectivity index (χ1) is 18.8. The Morgan fingerprint density at radius 1 is 1.18 bits per heavy atom. The second-order valence-electron chi connectivity index (χ2n) is 9.96. The Morgan fingerprint density at radius 3 is 2.69 bits per heavy atom. The van der Waals surface area contributed by atoms with Gasteiger partial charge in [-0.05, 0) is 57.6 Å². The lowest BCUT2D eigenvalue weighted by atomic mass is 10.1. The molecule has 2 atom stereocenters. The number of piperazine rings is 1. The number of carbonyl (C=O) groups is 1. The highest BCUT2D eigenvalue weighted by Crippen LogP contribution is 2.36. The van der Waals surface area contributed by atoms with E-state index < -0.39 is 11.6 Å². The Kier molecular flexibility index (Phi) is 7.60. The minimum Gasteiger partial charge on any atom is -0.496 e. The van der Waals surface area contributed by atoms with Gasteiger partial charge in [0.1, 0.15) is 29.7 Å². The minimum atomic E-state index is -0.731. The number of likely N-dealkylation sites (tertiary alicyclic amines) is 1. The fraction of sp³-hybridized carbons (Fsp3) is 0.429. The van der Waals surface area contributed by atoms with Crippen LogP contribution in [-0.4, -0.2) is 89.7 Å². The maximum Gasteiger partial charge on any atom is 0.320 e. The SMILES string of the molecule is C=CC(=O)N1CCN(c2nc(OC[C@@H]3CCCN3C)nc3nc(-c4c(F)cccc4OC)c(F)cc23)[C@H](C)C1. The first kappa shape index (κ1) is 26.7. The Balaban J connectivity index is 1.59. The zero-order chi connectivity index (χ0) is 27.7. The molecular formula is C28H32F2N6O3. The third kappa shape index (κ3) is 5.23. The number of likely N-dealkylation sites (N-methyl/N-ethyl adjacent to an activating group) is 1. The Hall–Kier alpha value is -3.86. The van der Waals surface area contributed by atoms with Crippen LogP contribution >= 0.6 is 0 Å². The molecule has 3 aromatic rings. The van der Waals surface area contributed by atoms with Crippen LogP contribution in [0.2, 0.25) is 0 Å². The normalized spacial score (nSPS) is 19.9. The van der Waals surface area contributed by atoms with Gasteiger partial charge < -0.3 is 24.2 Å². The van der Waals surface area contributed by atoms with Crippen LogP contribution in [0.25, 0.3) is 22.3 Å². The highest BCUT2D eigenvalue weighted by molar-refractivity contribution is 5.90. The van der Waals surface area contributed by atoms with E-state index in [0.29, 0.717) is 37.4 Å². The van der Waals surface area contributed by atoms with Gasteiger partial charge in [-0.15, -0.1) is 0 Å². The third-order valence-corrected chi connectivity index (χ3v) is 7.49. The minimum absolute atomic E-state index is 0.0838. The lowest BCUT2D eigenvalue weighted by Gasteiger charge is -2.40. The number of fused-ring (bicyclic) bond motifs is 1. The number of amides is 1. The number of ether oxygens (including phenoxy) is 2. The number of benzene rings is 1. The van der Waals surface area contributed by atoms with Crippen molar-refractivity contribution in [3.63, 3.8) is 0 Å². The van der Waals surface area contributed by atoms with E-state index in [1.54, 1.807) is 11.0 Å². The van der Waals surface area contributed by atoms with Crippen molar-refractivity contribution >= 4 is 22.8 Å². The van der Waals surface area contributed by atoms with Gasteiger partial charge in [-0.25, -0.2) is 13.8 Å². The van der Waals surface area contributed by atoms with E-state index in [-0.39, 0.29) is 46.7 Å². The molecule has 0 unspecified atom stereocenters. The quantitative estimate of drug-likeness (QED) is 0.422. The van der Waals surface area contributed by atoms with E-state index in [1.807, 2.05) is 11.8 Å². The third-order valence-electron chi connectivity index (χ3n) is 7.49. The maximum absolute atomic E-state index is 15.6. The summed E-state index contributed by atoms with van der Waals surface area (Å²) in [6, 6.07) is 5.76. The molecule has 0 radical (unpaired) electrons. The van der Waals surface area contributed by atoms with Crippen molar-refractivity contribution in [2.45, 2.75) is 31.8 Å². The van der Waals surface area contributed by atoms with Crippen LogP contribution in [-0.2, 0) is 4.79 Å². The molecule has 0 bridgehead atoms. The number of rotatable bonds is 7. The summed E-state index contributed by atoms with van der Waals surface area (Å²) >= 11 is 0. The van der Waals surface area contributed by atoms with Crippen LogP contribution in [0.1, 0.15) is 19.8 Å². The Morgan fingerprint density at radius 2 is 2.00 bits per heavy atom. The number of pyridine rings is 1. The number of carbonyl (C=O) groups excluding carboxylic acids is 1. The summed E-state index contributed by atoms with van der Waals surface area (Å²) in [4.78, 5) is 31.8. The second-order valence-corrected chi connectivity index (χ2v) is 9.96. The van der Waals surface area contributed by atoms with E-state index >= 15 is 4.39 Å². The van der Waals surface area contributed by atoms with Gasteiger partial charge in [-0.1, -0.05) is 12.6 Å². The molecule has 5 rings (SSSR count). The van der Waals surface area contributed by atoms with Crippen molar-refractivity contribution in [1.82, 2.24) is 24.8 Å². The number of anilines is 1. The van der Waals surface area contributed by atoms with Crippen LogP contribution < -0.4 is 14.4 Å². The summed E-state index contributed by atoms with van der Waals surface area (Å²) in [5, 5.41) is 0.368. The highest BCUT2D eigenvalue weighted by atomic mass is 19.1. The summed E-state index contributed by atoms with van der Waals surface area (Å²) in [7, 11) is 3.44. The molecule has 2 aliphatic rings. The predicted molar refractivity (Wildman–Crippen MR) is 144 cm³/mol. The summed E-state index contributed by atoms with van der Waals surface area (Å²) < 4.78 is 41.8. The van der Waals surface area contributed by atoms with Gasteiger partial charge in [0.15, 0.2) is 11.5 Å². The Bertz CT molecular complexity index is 1400. The van der Waals surface area contributed by atoms with Gasteiger partial charge in [-0.3, -0.25) is 4.79 Å². The van der Waals surface area contributed by atoms with Gasteiger partial charge in [0.05, 0.1) is 18.1 Å². The summed E-state index contributed by atoms with van der Waals surface area (Å²) in [5.74, 6) is -0.925. The van der Waals surface area contributed by atoms with Crippen molar-refractivity contribution in [3.8, 4) is 23.0 Å². The van der Waals surface area contributed by atoms with Crippen LogP contribution in [0, 0.1) is 11.6 Å². The summed E-state index contributed by atoms with van der Waals surface area (Å²) in [5.41, 5.74) is -0.120. The maximum atomic E-state index is 15.6. The van der Waals surface area contributed by atoms with E-state index in [2.05, 4.69) is 28.5 Å². The van der Waals surface area contributed by atoms with Crippen molar-refractivity contribution in [1.29, 1.82) is 0 Å². The predicted octanol–water partition coefficient (Wildman–Crippen LogP) is 3.67. The van der Waals surface area contributed by atoms with E-state index in [1.165, 1.54) is 31.4 Å². The molecule has 39 heavy (non-hydrogen) atoms. The van der Waals surface area contributed by atoms with E-state index in [0.717, 1.165) is 19.4 Å². The fourth-order valence-electron chi connectivity index (χ4n) is 5.32. The van der Waals surface area contributed by atoms with Crippen molar-refractivity contribution in [2.24, 2.45) is 0 Å². The van der Waals surface area contributed by atoms with Crippen molar-refractivity contribution in [2.75, 3.05) is 51.8 Å². The molecule has 1 aromatic carbocycles. The molecule has 0 aliphatic carbocycles. The van der Waals surface area contributed by atoms with Gasteiger partial charge in [0, 0.05) is 31.7 Å². The zero-order valence-corrected chi connectivity index (χ0v) is 22.4. The molecule has 2 fully saturated rings. The Labute approximate surface area is 226 Å². The number of hydrogen-bond acceptors (Lipinski definition) is 8. The topological polar surface area (TPSA) is 83.9 Å². The lowest BCUT2D eigenvalue weighted by molar-refractivity contribution is -0.126. The first-order valence-corrected chi connectivity index (χ1v) is 13.0. The monoisotopic (exact) mass is 538 g/mol. The number of halogens is 2. The molecule has 0 N–H and O–H groups in total. The summed E-state index contributed by atoms with van der Waals surface area (Å²) in [6.45, 7) is 8.29. The standard InChI is InChI=1S/C28H32F2N6O3/c1-5-23(37)35-12-13-36(17(2)15-35)27-19-14-21(30)25(24-20(29)9-6-10-22(24)38-4)31-26(19)32-28(33-27)39-16-18-8-7-11-34(18)3/h5-6,9-10,14,17-18H,1,7-8,11-13,15-16H2,2-4H3/t17-,18+/m1/s1. The fourth-order valence-corrected chi connectivity index (χ4v) is 5.32. The number of methoxy groups -OCH3 is 1. The zero-order valence-electron chi connectivity index (χ0n) is 22.4. The average Bonchev–Trinajstić information content (AvgIpc) is 3.35. The van der Waals surface area contributed by atoms with E-state index in [9.17, 15) is 9.18 Å². The van der Waals surface area contributed by atoms with Crippen molar-refractivity contribution in [3.05, 3.63) is 48.6 Å². The van der Waals surface area contributed by atoms with Crippen LogP contribution in [0.4, 0.5) is 14.6 Å². The molecule has 2 aliphatic heterocycles. The number of aromatic nitrogens is 3. The van der Waals surface area contributed by atoms with Crippen molar-refractivity contribution < 1.29 is 23.0 Å². The van der Waals surface area contributed by atoms with E-state index in [4.69, 9.17) is 14.5 Å². The smallest absolute Gasteiger partial charge is 0.320 e. The average molecular weight is 539 g/mol. The summed E-state index contributed by atoms with van der Waals surface area (Å²) in [6.07, 6.45) is 3.40. The van der Waals surface area contributed by atoms with Gasteiger partial charge >= 0.3 is 6.01 Å². The molecule has 9 nitrogen and oxygen atoms in total. The molecule has 2 saturated heterocycles. The second kappa shape index (κ2) is 11.1.